The molecule has 2 aromatic carbocycles. The van der Waals surface area contributed by atoms with E-state index in [1.54, 1.807) is 24.3 Å². The normalized spacial score (nSPS) is 11.9. The van der Waals surface area contributed by atoms with Gasteiger partial charge in [0.2, 0.25) is 5.91 Å². The first-order valence-electron chi connectivity index (χ1n) is 6.49. The summed E-state index contributed by atoms with van der Waals surface area (Å²) in [6.45, 7) is 1.96. The van der Waals surface area contributed by atoms with E-state index in [-0.39, 0.29) is 23.2 Å². The highest BCUT2D eigenvalue weighted by Gasteiger charge is 2.09. The first kappa shape index (κ1) is 15.4. The predicted octanol–water partition coefficient (Wildman–Crippen LogP) is 3.02. The molecule has 1 atom stereocenters. The molecule has 110 valence electrons. The molecular formula is C16H16FNO2S. The molecule has 0 unspecified atom stereocenters. The van der Waals surface area contributed by atoms with Crippen molar-refractivity contribution in [1.82, 2.24) is 0 Å². The van der Waals surface area contributed by atoms with E-state index in [1.807, 2.05) is 19.1 Å². The molecule has 0 bridgehead atoms. The number of anilines is 1. The third kappa shape index (κ3) is 5.11. The van der Waals surface area contributed by atoms with Crippen LogP contribution >= 0.6 is 0 Å². The number of carbonyl (C=O) groups excluding carboxylic acids is 1. The highest BCUT2D eigenvalue weighted by Crippen LogP contribution is 2.10. The van der Waals surface area contributed by atoms with Gasteiger partial charge < -0.3 is 5.32 Å². The third-order valence-corrected chi connectivity index (χ3v) is 4.08. The zero-order chi connectivity index (χ0) is 15.2. The van der Waals surface area contributed by atoms with Crippen molar-refractivity contribution in [1.29, 1.82) is 0 Å². The van der Waals surface area contributed by atoms with Gasteiger partial charge >= 0.3 is 0 Å². The Morgan fingerprint density at radius 2 is 1.90 bits per heavy atom. The van der Waals surface area contributed by atoms with E-state index in [2.05, 4.69) is 5.32 Å². The average molecular weight is 305 g/mol. The molecule has 1 amide bonds. The molecule has 0 fully saturated rings. The van der Waals surface area contributed by atoms with E-state index < -0.39 is 10.8 Å². The van der Waals surface area contributed by atoms with Crippen molar-refractivity contribution in [2.24, 2.45) is 0 Å². The maximum absolute atomic E-state index is 13.0. The SMILES string of the molecule is Cc1ccc(NC(=O)C[S@](=O)Cc2cccc(F)c2)cc1. The van der Waals surface area contributed by atoms with Crippen LogP contribution in [0.15, 0.2) is 48.5 Å². The Morgan fingerprint density at radius 1 is 1.19 bits per heavy atom. The van der Waals surface area contributed by atoms with Gasteiger partial charge in [0.25, 0.3) is 0 Å². The van der Waals surface area contributed by atoms with Crippen LogP contribution in [0.3, 0.4) is 0 Å². The highest BCUT2D eigenvalue weighted by atomic mass is 32.2. The molecule has 0 aromatic heterocycles. The highest BCUT2D eigenvalue weighted by molar-refractivity contribution is 7.84. The molecule has 2 rings (SSSR count). The summed E-state index contributed by atoms with van der Waals surface area (Å²) in [6.07, 6.45) is 0. The lowest BCUT2D eigenvalue weighted by Crippen LogP contribution is -2.20. The summed E-state index contributed by atoms with van der Waals surface area (Å²) < 4.78 is 24.9. The molecule has 0 aliphatic heterocycles. The molecule has 1 N–H and O–H groups in total. The summed E-state index contributed by atoms with van der Waals surface area (Å²) in [5.41, 5.74) is 2.40. The fourth-order valence-electron chi connectivity index (χ4n) is 1.84. The van der Waals surface area contributed by atoms with E-state index in [1.165, 1.54) is 12.1 Å². The zero-order valence-electron chi connectivity index (χ0n) is 11.6. The second-order valence-corrected chi connectivity index (χ2v) is 6.23. The van der Waals surface area contributed by atoms with Gasteiger partial charge in [0.1, 0.15) is 11.6 Å². The molecular weight excluding hydrogens is 289 g/mol. The molecule has 5 heteroatoms. The van der Waals surface area contributed by atoms with Gasteiger partial charge in [0.05, 0.1) is 0 Å². The Balaban J connectivity index is 1.87. The molecule has 0 saturated carbocycles. The minimum absolute atomic E-state index is 0.107. The van der Waals surface area contributed by atoms with Crippen LogP contribution in [-0.4, -0.2) is 15.9 Å². The largest absolute Gasteiger partial charge is 0.325 e. The van der Waals surface area contributed by atoms with Gasteiger partial charge in [-0.2, -0.15) is 0 Å². The Bertz CT molecular complexity index is 656. The monoisotopic (exact) mass is 305 g/mol. The summed E-state index contributed by atoms with van der Waals surface area (Å²) >= 11 is 0. The second-order valence-electron chi connectivity index (χ2n) is 4.77. The summed E-state index contributed by atoms with van der Waals surface area (Å²) in [4.78, 5) is 11.8. The Hall–Kier alpha value is -2.01. The van der Waals surface area contributed by atoms with E-state index >= 15 is 0 Å². The minimum atomic E-state index is -1.37. The lowest BCUT2D eigenvalue weighted by molar-refractivity contribution is -0.113. The summed E-state index contributed by atoms with van der Waals surface area (Å²) in [6, 6.07) is 13.3. The summed E-state index contributed by atoms with van der Waals surface area (Å²) in [7, 11) is -1.37. The maximum Gasteiger partial charge on any atom is 0.237 e. The predicted molar refractivity (Wildman–Crippen MR) is 82.9 cm³/mol. The van der Waals surface area contributed by atoms with Crippen molar-refractivity contribution >= 4 is 22.4 Å². The van der Waals surface area contributed by atoms with Crippen LogP contribution in [0.2, 0.25) is 0 Å². The van der Waals surface area contributed by atoms with Crippen LogP contribution in [0.5, 0.6) is 0 Å². The molecule has 2 aromatic rings. The number of nitrogens with one attached hydrogen (secondary N) is 1. The molecule has 0 spiro atoms. The topological polar surface area (TPSA) is 46.2 Å². The van der Waals surface area contributed by atoms with Crippen LogP contribution in [0.4, 0.5) is 10.1 Å². The van der Waals surface area contributed by atoms with Gasteiger partial charge in [0, 0.05) is 22.2 Å². The number of benzene rings is 2. The third-order valence-electron chi connectivity index (χ3n) is 2.84. The Labute approximate surface area is 125 Å². The zero-order valence-corrected chi connectivity index (χ0v) is 12.5. The van der Waals surface area contributed by atoms with Crippen molar-refractivity contribution in [2.45, 2.75) is 12.7 Å². The van der Waals surface area contributed by atoms with Crippen LogP contribution in [-0.2, 0) is 21.3 Å². The van der Waals surface area contributed by atoms with Crippen molar-refractivity contribution in [2.75, 3.05) is 11.1 Å². The number of aryl methyl sites for hydroxylation is 1. The van der Waals surface area contributed by atoms with Gasteiger partial charge in [-0.15, -0.1) is 0 Å². The van der Waals surface area contributed by atoms with Crippen molar-refractivity contribution in [3.63, 3.8) is 0 Å². The number of amides is 1. The van der Waals surface area contributed by atoms with E-state index in [9.17, 15) is 13.4 Å². The maximum atomic E-state index is 13.0. The second kappa shape index (κ2) is 7.13. The van der Waals surface area contributed by atoms with Gasteiger partial charge in [-0.25, -0.2) is 4.39 Å². The molecule has 0 saturated heterocycles. The minimum Gasteiger partial charge on any atom is -0.325 e. The number of hydrogen-bond donors (Lipinski definition) is 1. The standard InChI is InChI=1S/C16H16FNO2S/c1-12-5-7-15(8-6-12)18-16(19)11-21(20)10-13-3-2-4-14(17)9-13/h2-9H,10-11H2,1H3,(H,18,19)/t21-/m1/s1. The van der Waals surface area contributed by atoms with Crippen LogP contribution < -0.4 is 5.32 Å². The first-order chi connectivity index (χ1) is 10.0. The Morgan fingerprint density at radius 3 is 2.57 bits per heavy atom. The van der Waals surface area contributed by atoms with Gasteiger partial charge in [-0.3, -0.25) is 9.00 Å². The lowest BCUT2D eigenvalue weighted by Gasteiger charge is -2.06. The summed E-state index contributed by atoms with van der Waals surface area (Å²) in [5.74, 6) is -0.620. The fraction of sp³-hybridized carbons (Fsp3) is 0.188. The molecule has 0 heterocycles. The van der Waals surface area contributed by atoms with E-state index in [0.717, 1.165) is 5.56 Å². The average Bonchev–Trinajstić information content (AvgIpc) is 2.41. The van der Waals surface area contributed by atoms with Crippen molar-refractivity contribution in [3.05, 3.63) is 65.5 Å². The van der Waals surface area contributed by atoms with E-state index in [0.29, 0.717) is 11.3 Å². The molecule has 0 aliphatic carbocycles. The van der Waals surface area contributed by atoms with Crippen LogP contribution in [0.25, 0.3) is 0 Å². The quantitative estimate of drug-likeness (QED) is 0.923. The number of carbonyl (C=O) groups is 1. The van der Waals surface area contributed by atoms with Gasteiger partial charge in [-0.05, 0) is 36.8 Å². The summed E-state index contributed by atoms with van der Waals surface area (Å²) in [5, 5.41) is 2.69. The molecule has 3 nitrogen and oxygen atoms in total. The van der Waals surface area contributed by atoms with Crippen LogP contribution in [0, 0.1) is 12.7 Å². The fourth-order valence-corrected chi connectivity index (χ4v) is 2.86. The molecule has 0 aliphatic rings. The van der Waals surface area contributed by atoms with Crippen molar-refractivity contribution in [3.8, 4) is 0 Å². The Kier molecular flexibility index (Phi) is 5.22. The number of halogens is 1. The van der Waals surface area contributed by atoms with Crippen LogP contribution in [0.1, 0.15) is 11.1 Å². The lowest BCUT2D eigenvalue weighted by atomic mass is 10.2. The smallest absolute Gasteiger partial charge is 0.237 e. The van der Waals surface area contributed by atoms with Gasteiger partial charge in [-0.1, -0.05) is 29.8 Å². The number of hydrogen-bond acceptors (Lipinski definition) is 2. The van der Waals surface area contributed by atoms with Crippen molar-refractivity contribution < 1.29 is 13.4 Å². The van der Waals surface area contributed by atoms with E-state index in [4.69, 9.17) is 0 Å². The first-order valence-corrected chi connectivity index (χ1v) is 7.97. The molecule has 21 heavy (non-hydrogen) atoms. The molecule has 0 radical (unpaired) electrons. The number of rotatable bonds is 5. The van der Waals surface area contributed by atoms with Gasteiger partial charge in [0.15, 0.2) is 0 Å².